The molecule has 1 atom stereocenters. The van der Waals surface area contributed by atoms with Gasteiger partial charge in [-0.15, -0.1) is 0 Å². The zero-order chi connectivity index (χ0) is 14.3. The number of hydrogen-bond donors (Lipinski definition) is 3. The fraction of sp³-hybridized carbons (Fsp3) is 0.462. The van der Waals surface area contributed by atoms with Crippen molar-refractivity contribution in [1.82, 2.24) is 5.32 Å². The van der Waals surface area contributed by atoms with Gasteiger partial charge in [0, 0.05) is 24.9 Å². The first kappa shape index (κ1) is 15.2. The van der Waals surface area contributed by atoms with Crippen LogP contribution in [0.15, 0.2) is 18.2 Å². The summed E-state index contributed by atoms with van der Waals surface area (Å²) in [4.78, 5) is 11.5. The van der Waals surface area contributed by atoms with Gasteiger partial charge in [-0.25, -0.2) is 9.18 Å². The van der Waals surface area contributed by atoms with Gasteiger partial charge in [-0.05, 0) is 24.5 Å². The molecule has 5 nitrogen and oxygen atoms in total. The van der Waals surface area contributed by atoms with Crippen molar-refractivity contribution in [2.45, 2.75) is 13.3 Å². The van der Waals surface area contributed by atoms with Crippen LogP contribution in [0.5, 0.6) is 5.75 Å². The molecule has 0 bridgehead atoms. The van der Waals surface area contributed by atoms with E-state index >= 15 is 0 Å². The third-order valence-electron chi connectivity index (χ3n) is 2.64. The third-order valence-corrected chi connectivity index (χ3v) is 2.64. The first-order chi connectivity index (χ1) is 9.06. The van der Waals surface area contributed by atoms with Crippen LogP contribution in [0.25, 0.3) is 0 Å². The average Bonchev–Trinajstić information content (AvgIpc) is 2.37. The molecular weight excluding hydrogens is 251 g/mol. The lowest BCUT2D eigenvalue weighted by atomic mass is 10.1. The van der Waals surface area contributed by atoms with E-state index in [-0.39, 0.29) is 18.3 Å². The van der Waals surface area contributed by atoms with Crippen molar-refractivity contribution in [2.24, 2.45) is 5.92 Å². The van der Waals surface area contributed by atoms with Crippen molar-refractivity contribution in [3.63, 3.8) is 0 Å². The molecule has 0 saturated heterocycles. The first-order valence-corrected chi connectivity index (χ1v) is 6.06. The van der Waals surface area contributed by atoms with Gasteiger partial charge in [0.2, 0.25) is 0 Å². The van der Waals surface area contributed by atoms with Crippen molar-refractivity contribution < 1.29 is 19.0 Å². The van der Waals surface area contributed by atoms with E-state index in [1.165, 1.54) is 19.2 Å². The van der Waals surface area contributed by atoms with Gasteiger partial charge in [-0.2, -0.15) is 0 Å². The molecule has 0 spiro atoms. The predicted octanol–water partition coefficient (Wildman–Crippen LogP) is 1.97. The van der Waals surface area contributed by atoms with E-state index in [0.29, 0.717) is 18.7 Å². The highest BCUT2D eigenvalue weighted by Gasteiger charge is 2.07. The lowest BCUT2D eigenvalue weighted by molar-refractivity contribution is 0.243. The summed E-state index contributed by atoms with van der Waals surface area (Å²) < 4.78 is 18.2. The van der Waals surface area contributed by atoms with E-state index < -0.39 is 11.8 Å². The first-order valence-electron chi connectivity index (χ1n) is 6.06. The number of aliphatic hydroxyl groups is 1. The van der Waals surface area contributed by atoms with Gasteiger partial charge >= 0.3 is 6.03 Å². The van der Waals surface area contributed by atoms with Gasteiger partial charge in [-0.3, -0.25) is 0 Å². The SMILES string of the molecule is COc1ccc(NC(=O)NCC(C)CCO)cc1F. The number of hydrogen-bond acceptors (Lipinski definition) is 3. The lowest BCUT2D eigenvalue weighted by Gasteiger charge is -2.12. The molecule has 0 fully saturated rings. The van der Waals surface area contributed by atoms with Crippen LogP contribution in [0.2, 0.25) is 0 Å². The van der Waals surface area contributed by atoms with E-state index in [2.05, 4.69) is 10.6 Å². The zero-order valence-electron chi connectivity index (χ0n) is 11.1. The van der Waals surface area contributed by atoms with E-state index in [9.17, 15) is 9.18 Å². The second-order valence-corrected chi connectivity index (χ2v) is 4.30. The molecule has 0 aliphatic heterocycles. The van der Waals surface area contributed by atoms with Gasteiger partial charge in [0.25, 0.3) is 0 Å². The van der Waals surface area contributed by atoms with Crippen LogP contribution in [0.3, 0.4) is 0 Å². The summed E-state index contributed by atoms with van der Waals surface area (Å²) >= 11 is 0. The molecular formula is C13H19FN2O3. The molecule has 1 unspecified atom stereocenters. The molecule has 0 aliphatic rings. The summed E-state index contributed by atoms with van der Waals surface area (Å²) in [6.07, 6.45) is 0.622. The van der Waals surface area contributed by atoms with Gasteiger partial charge < -0.3 is 20.5 Å². The molecule has 6 heteroatoms. The fourth-order valence-electron chi connectivity index (χ4n) is 1.51. The molecule has 0 saturated carbocycles. The second-order valence-electron chi connectivity index (χ2n) is 4.30. The Balaban J connectivity index is 2.46. The van der Waals surface area contributed by atoms with E-state index in [1.807, 2.05) is 6.92 Å². The average molecular weight is 270 g/mol. The Bertz CT molecular complexity index is 426. The number of aliphatic hydroxyl groups excluding tert-OH is 1. The number of amides is 2. The summed E-state index contributed by atoms with van der Waals surface area (Å²) in [7, 11) is 1.38. The number of carbonyl (C=O) groups excluding carboxylic acids is 1. The van der Waals surface area contributed by atoms with Gasteiger partial charge in [0.05, 0.1) is 7.11 Å². The quantitative estimate of drug-likeness (QED) is 0.740. The van der Waals surface area contributed by atoms with Crippen molar-refractivity contribution >= 4 is 11.7 Å². The monoisotopic (exact) mass is 270 g/mol. The van der Waals surface area contributed by atoms with Crippen molar-refractivity contribution in [3.05, 3.63) is 24.0 Å². The second kappa shape index (κ2) is 7.58. The molecule has 0 heterocycles. The lowest BCUT2D eigenvalue weighted by Crippen LogP contribution is -2.32. The Labute approximate surface area is 111 Å². The predicted molar refractivity (Wildman–Crippen MR) is 70.8 cm³/mol. The summed E-state index contributed by atoms with van der Waals surface area (Å²) in [6.45, 7) is 2.46. The van der Waals surface area contributed by atoms with Crippen molar-refractivity contribution in [3.8, 4) is 5.75 Å². The van der Waals surface area contributed by atoms with Gasteiger partial charge in [0.1, 0.15) is 0 Å². The molecule has 0 radical (unpaired) electrons. The minimum absolute atomic E-state index is 0.0914. The minimum atomic E-state index is -0.533. The molecule has 106 valence electrons. The molecule has 0 aliphatic carbocycles. The number of nitrogens with one attached hydrogen (secondary N) is 2. The summed E-state index contributed by atoms with van der Waals surface area (Å²) in [5, 5.41) is 13.9. The van der Waals surface area contributed by atoms with Crippen LogP contribution in [-0.4, -0.2) is 31.4 Å². The van der Waals surface area contributed by atoms with Crippen LogP contribution >= 0.6 is 0 Å². The smallest absolute Gasteiger partial charge is 0.319 e. The maximum Gasteiger partial charge on any atom is 0.319 e. The van der Waals surface area contributed by atoms with Crippen molar-refractivity contribution in [1.29, 1.82) is 0 Å². The molecule has 2 amide bonds. The Morgan fingerprint density at radius 3 is 2.84 bits per heavy atom. The highest BCUT2D eigenvalue weighted by atomic mass is 19.1. The van der Waals surface area contributed by atoms with Gasteiger partial charge in [0.15, 0.2) is 11.6 Å². The number of carbonyl (C=O) groups is 1. The highest BCUT2D eigenvalue weighted by molar-refractivity contribution is 5.89. The Hall–Kier alpha value is -1.82. The molecule has 1 aromatic carbocycles. The van der Waals surface area contributed by atoms with Crippen LogP contribution < -0.4 is 15.4 Å². The maximum atomic E-state index is 13.4. The largest absolute Gasteiger partial charge is 0.494 e. The summed E-state index contributed by atoms with van der Waals surface area (Å²) in [5.74, 6) is -0.222. The molecule has 1 rings (SSSR count). The van der Waals surface area contributed by atoms with E-state index in [0.717, 1.165) is 0 Å². The number of benzene rings is 1. The number of urea groups is 1. The van der Waals surface area contributed by atoms with E-state index in [1.54, 1.807) is 6.07 Å². The molecule has 3 N–H and O–H groups in total. The highest BCUT2D eigenvalue weighted by Crippen LogP contribution is 2.20. The number of halogens is 1. The number of rotatable bonds is 6. The standard InChI is InChI=1S/C13H19FN2O3/c1-9(5-6-17)8-15-13(18)16-10-3-4-12(19-2)11(14)7-10/h3-4,7,9,17H,5-6,8H2,1-2H3,(H2,15,16,18). The number of ether oxygens (including phenoxy) is 1. The fourth-order valence-corrected chi connectivity index (χ4v) is 1.51. The Kier molecular flexibility index (Phi) is 6.08. The topological polar surface area (TPSA) is 70.6 Å². The van der Waals surface area contributed by atoms with Crippen molar-refractivity contribution in [2.75, 3.05) is 25.6 Å². The summed E-state index contributed by atoms with van der Waals surface area (Å²) in [6, 6.07) is 3.78. The third kappa shape index (κ3) is 5.13. The van der Waals surface area contributed by atoms with E-state index in [4.69, 9.17) is 9.84 Å². The molecule has 0 aromatic heterocycles. The number of methoxy groups -OCH3 is 1. The summed E-state index contributed by atoms with van der Waals surface area (Å²) in [5.41, 5.74) is 0.352. The van der Waals surface area contributed by atoms with Crippen LogP contribution in [0.4, 0.5) is 14.9 Å². The van der Waals surface area contributed by atoms with Gasteiger partial charge in [-0.1, -0.05) is 6.92 Å². The number of anilines is 1. The van der Waals surface area contributed by atoms with Crippen LogP contribution in [-0.2, 0) is 0 Å². The maximum absolute atomic E-state index is 13.4. The Morgan fingerprint density at radius 2 is 2.26 bits per heavy atom. The Morgan fingerprint density at radius 1 is 1.53 bits per heavy atom. The normalized spacial score (nSPS) is 11.8. The minimum Gasteiger partial charge on any atom is -0.494 e. The molecule has 19 heavy (non-hydrogen) atoms. The zero-order valence-corrected chi connectivity index (χ0v) is 11.1. The van der Waals surface area contributed by atoms with Crippen LogP contribution in [0, 0.1) is 11.7 Å². The van der Waals surface area contributed by atoms with Crippen LogP contribution in [0.1, 0.15) is 13.3 Å². The molecule has 1 aromatic rings.